The van der Waals surface area contributed by atoms with E-state index in [4.69, 9.17) is 0 Å². The van der Waals surface area contributed by atoms with Crippen LogP contribution < -0.4 is 5.32 Å². The molecule has 88 valence electrons. The topological polar surface area (TPSA) is 15.3 Å². The maximum atomic E-state index is 3.77. The lowest BCUT2D eigenvalue weighted by molar-refractivity contribution is 0.0551. The number of hydrogen-bond acceptors (Lipinski definition) is 2. The van der Waals surface area contributed by atoms with Crippen molar-refractivity contribution in [2.45, 2.75) is 57.5 Å². The zero-order valence-electron chi connectivity index (χ0n) is 10.8. The molecule has 0 aromatic carbocycles. The molecule has 2 aliphatic carbocycles. The van der Waals surface area contributed by atoms with Crippen molar-refractivity contribution < 1.29 is 0 Å². The van der Waals surface area contributed by atoms with Gasteiger partial charge < -0.3 is 10.2 Å². The van der Waals surface area contributed by atoms with E-state index in [0.29, 0.717) is 17.0 Å². The Morgan fingerprint density at radius 2 is 1.80 bits per heavy atom. The zero-order chi connectivity index (χ0) is 11.1. The van der Waals surface area contributed by atoms with E-state index in [1.165, 1.54) is 38.6 Å². The molecule has 1 unspecified atom stereocenters. The average molecular weight is 210 g/mol. The fraction of sp³-hybridized carbons (Fsp3) is 1.00. The predicted octanol–water partition coefficient (Wildman–Crippen LogP) is 2.25. The second-order valence-corrected chi connectivity index (χ2v) is 6.23. The fourth-order valence-corrected chi connectivity index (χ4v) is 2.59. The molecular formula is C13H26N2. The summed E-state index contributed by atoms with van der Waals surface area (Å²) in [6.07, 6.45) is 6.98. The largest absolute Gasteiger partial charge is 0.312 e. The molecule has 2 rings (SSSR count). The molecule has 2 nitrogen and oxygen atoms in total. The van der Waals surface area contributed by atoms with Crippen LogP contribution in [0, 0.1) is 5.41 Å². The van der Waals surface area contributed by atoms with Gasteiger partial charge in [0.05, 0.1) is 0 Å². The summed E-state index contributed by atoms with van der Waals surface area (Å²) in [7, 11) is 4.45. The number of hydrogen-bond donors (Lipinski definition) is 1. The van der Waals surface area contributed by atoms with Crippen molar-refractivity contribution in [2.24, 2.45) is 5.41 Å². The Hall–Kier alpha value is -0.0800. The van der Waals surface area contributed by atoms with E-state index < -0.39 is 0 Å². The van der Waals surface area contributed by atoms with Gasteiger partial charge in [0.15, 0.2) is 0 Å². The number of nitrogens with one attached hydrogen (secondary N) is 1. The first-order chi connectivity index (χ1) is 6.99. The van der Waals surface area contributed by atoms with Gasteiger partial charge in [-0.25, -0.2) is 0 Å². The molecule has 2 heteroatoms. The normalized spacial score (nSPS) is 28.6. The highest BCUT2D eigenvalue weighted by Crippen LogP contribution is 2.48. The molecule has 2 saturated carbocycles. The van der Waals surface area contributed by atoms with Crippen LogP contribution in [-0.4, -0.2) is 37.1 Å². The van der Waals surface area contributed by atoms with Gasteiger partial charge in [-0.3, -0.25) is 0 Å². The maximum Gasteiger partial charge on any atom is 0.0328 e. The minimum atomic E-state index is 0.472. The molecule has 0 saturated heterocycles. The van der Waals surface area contributed by atoms with E-state index in [2.05, 4.69) is 38.2 Å². The van der Waals surface area contributed by atoms with Gasteiger partial charge in [0.2, 0.25) is 0 Å². The van der Waals surface area contributed by atoms with Crippen molar-refractivity contribution in [1.29, 1.82) is 0 Å². The first kappa shape index (κ1) is 11.4. The van der Waals surface area contributed by atoms with Gasteiger partial charge in [0, 0.05) is 18.1 Å². The van der Waals surface area contributed by atoms with Gasteiger partial charge >= 0.3 is 0 Å². The summed E-state index contributed by atoms with van der Waals surface area (Å²) < 4.78 is 0. The molecule has 2 aliphatic rings. The van der Waals surface area contributed by atoms with Gasteiger partial charge in [0.25, 0.3) is 0 Å². The molecule has 0 spiro atoms. The average Bonchev–Trinajstić information content (AvgIpc) is 2.82. The zero-order valence-corrected chi connectivity index (χ0v) is 10.8. The van der Waals surface area contributed by atoms with Crippen molar-refractivity contribution in [1.82, 2.24) is 10.2 Å². The summed E-state index contributed by atoms with van der Waals surface area (Å²) in [6, 6.07) is 0.690. The van der Waals surface area contributed by atoms with E-state index in [0.717, 1.165) is 0 Å². The maximum absolute atomic E-state index is 3.77. The summed E-state index contributed by atoms with van der Waals surface area (Å²) in [5.41, 5.74) is 1.08. The standard InChI is InChI=1S/C13H26N2/c1-11(12(2)8-9-12)14-10-13(15(3)4)6-5-7-13/h11,14H,5-10H2,1-4H3. The second kappa shape index (κ2) is 3.74. The molecular weight excluding hydrogens is 184 g/mol. The lowest BCUT2D eigenvalue weighted by Gasteiger charge is -2.48. The molecule has 0 bridgehead atoms. The Balaban J connectivity index is 1.81. The number of rotatable bonds is 5. The highest BCUT2D eigenvalue weighted by atomic mass is 15.2. The Kier molecular flexibility index (Phi) is 2.85. The molecule has 0 aliphatic heterocycles. The van der Waals surface area contributed by atoms with Crippen molar-refractivity contribution in [3.05, 3.63) is 0 Å². The molecule has 15 heavy (non-hydrogen) atoms. The van der Waals surface area contributed by atoms with E-state index in [9.17, 15) is 0 Å². The Morgan fingerprint density at radius 3 is 2.13 bits per heavy atom. The lowest BCUT2D eigenvalue weighted by Crippen LogP contribution is -2.58. The van der Waals surface area contributed by atoms with Crippen LogP contribution in [0.3, 0.4) is 0 Å². The third kappa shape index (κ3) is 2.07. The van der Waals surface area contributed by atoms with Crippen LogP contribution >= 0.6 is 0 Å². The van der Waals surface area contributed by atoms with E-state index in [-0.39, 0.29) is 0 Å². The molecule has 0 radical (unpaired) electrons. The van der Waals surface area contributed by atoms with Gasteiger partial charge in [-0.1, -0.05) is 6.92 Å². The highest BCUT2D eigenvalue weighted by Gasteiger charge is 2.44. The van der Waals surface area contributed by atoms with E-state index in [1.54, 1.807) is 0 Å². The van der Waals surface area contributed by atoms with Gasteiger partial charge in [-0.15, -0.1) is 0 Å². The van der Waals surface area contributed by atoms with Gasteiger partial charge in [0.1, 0.15) is 0 Å². The molecule has 1 N–H and O–H groups in total. The summed E-state index contributed by atoms with van der Waals surface area (Å²) in [4.78, 5) is 2.42. The Labute approximate surface area is 94.4 Å². The minimum Gasteiger partial charge on any atom is -0.312 e. The molecule has 1 atom stereocenters. The third-order valence-corrected chi connectivity index (χ3v) is 5.05. The van der Waals surface area contributed by atoms with Gasteiger partial charge in [-0.2, -0.15) is 0 Å². The van der Waals surface area contributed by atoms with E-state index in [1.807, 2.05) is 0 Å². The lowest BCUT2D eigenvalue weighted by atomic mass is 9.75. The number of nitrogens with zero attached hydrogens (tertiary/aromatic N) is 1. The Bertz CT molecular complexity index is 227. The highest BCUT2D eigenvalue weighted by molar-refractivity contribution is 5.01. The molecule has 2 fully saturated rings. The summed E-state index contributed by atoms with van der Waals surface area (Å²) in [6.45, 7) is 5.94. The first-order valence-corrected chi connectivity index (χ1v) is 6.39. The van der Waals surface area contributed by atoms with Crippen LogP contribution in [0.5, 0.6) is 0 Å². The van der Waals surface area contributed by atoms with Crippen molar-refractivity contribution >= 4 is 0 Å². The molecule has 0 aromatic heterocycles. The van der Waals surface area contributed by atoms with Crippen LogP contribution in [0.1, 0.15) is 46.0 Å². The summed E-state index contributed by atoms with van der Waals surface area (Å²) in [5.74, 6) is 0. The molecule has 0 heterocycles. The van der Waals surface area contributed by atoms with Crippen molar-refractivity contribution in [3.63, 3.8) is 0 Å². The third-order valence-electron chi connectivity index (χ3n) is 5.05. The first-order valence-electron chi connectivity index (χ1n) is 6.39. The minimum absolute atomic E-state index is 0.472. The quantitative estimate of drug-likeness (QED) is 0.749. The second-order valence-electron chi connectivity index (χ2n) is 6.23. The fourth-order valence-electron chi connectivity index (χ4n) is 2.59. The van der Waals surface area contributed by atoms with E-state index >= 15 is 0 Å². The SMILES string of the molecule is CC(NCC1(N(C)C)CCC1)C1(C)CC1. The van der Waals surface area contributed by atoms with Crippen LogP contribution in [0.4, 0.5) is 0 Å². The van der Waals surface area contributed by atoms with Crippen molar-refractivity contribution in [2.75, 3.05) is 20.6 Å². The number of likely N-dealkylation sites (N-methyl/N-ethyl adjacent to an activating group) is 1. The van der Waals surface area contributed by atoms with Crippen LogP contribution in [0.2, 0.25) is 0 Å². The monoisotopic (exact) mass is 210 g/mol. The van der Waals surface area contributed by atoms with Gasteiger partial charge in [-0.05, 0) is 58.5 Å². The summed E-state index contributed by atoms with van der Waals surface area (Å²) in [5, 5.41) is 3.77. The smallest absolute Gasteiger partial charge is 0.0328 e. The molecule has 0 amide bonds. The van der Waals surface area contributed by atoms with Crippen LogP contribution in [0.15, 0.2) is 0 Å². The van der Waals surface area contributed by atoms with Crippen LogP contribution in [-0.2, 0) is 0 Å². The molecule has 0 aromatic rings. The van der Waals surface area contributed by atoms with Crippen LogP contribution in [0.25, 0.3) is 0 Å². The predicted molar refractivity (Wildman–Crippen MR) is 65.1 cm³/mol. The Morgan fingerprint density at radius 1 is 1.20 bits per heavy atom. The van der Waals surface area contributed by atoms with Crippen molar-refractivity contribution in [3.8, 4) is 0 Å². The summed E-state index contributed by atoms with van der Waals surface area (Å²) >= 11 is 0.